The highest BCUT2D eigenvalue weighted by atomic mass is 16.7. The lowest BCUT2D eigenvalue weighted by molar-refractivity contribution is -0.302. The van der Waals surface area contributed by atoms with Crippen LogP contribution in [0.2, 0.25) is 0 Å². The topological polar surface area (TPSA) is 149 Å². The van der Waals surface area contributed by atoms with Crippen molar-refractivity contribution in [2.45, 2.75) is 192 Å². The zero-order valence-electron chi connectivity index (χ0n) is 37.2. The second kappa shape index (κ2) is 40.0. The van der Waals surface area contributed by atoms with Crippen LogP contribution < -0.4 is 5.32 Å². The molecular formula is C51H83NO8. The molecule has 340 valence electrons. The minimum Gasteiger partial charge on any atom is -0.394 e. The largest absolute Gasteiger partial charge is 0.394 e. The fourth-order valence-electron chi connectivity index (χ4n) is 6.37. The maximum atomic E-state index is 12.9. The van der Waals surface area contributed by atoms with Crippen LogP contribution in [0.4, 0.5) is 0 Å². The van der Waals surface area contributed by atoms with Gasteiger partial charge in [-0.3, -0.25) is 4.79 Å². The van der Waals surface area contributed by atoms with Crippen molar-refractivity contribution < 1.29 is 39.8 Å². The van der Waals surface area contributed by atoms with E-state index in [-0.39, 0.29) is 12.5 Å². The van der Waals surface area contributed by atoms with Crippen LogP contribution in [-0.2, 0) is 14.3 Å². The Morgan fingerprint density at radius 2 is 1.05 bits per heavy atom. The molecule has 1 aliphatic rings. The lowest BCUT2D eigenvalue weighted by Crippen LogP contribution is -2.60. The first-order chi connectivity index (χ1) is 29.3. The second-order valence-corrected chi connectivity index (χ2v) is 15.5. The summed E-state index contributed by atoms with van der Waals surface area (Å²) in [6.07, 6.45) is 51.6. The molecule has 0 aromatic rings. The van der Waals surface area contributed by atoms with Crippen molar-refractivity contribution in [1.29, 1.82) is 0 Å². The molecule has 0 aromatic heterocycles. The van der Waals surface area contributed by atoms with E-state index < -0.39 is 49.5 Å². The fourth-order valence-corrected chi connectivity index (χ4v) is 6.37. The molecule has 1 fully saturated rings. The van der Waals surface area contributed by atoms with Gasteiger partial charge in [0.1, 0.15) is 24.4 Å². The summed E-state index contributed by atoms with van der Waals surface area (Å²) in [6.45, 7) is 3.52. The number of aliphatic hydroxyl groups excluding tert-OH is 5. The Bertz CT molecular complexity index is 1300. The van der Waals surface area contributed by atoms with Crippen LogP contribution in [0.5, 0.6) is 0 Å². The number of ether oxygens (including phenoxy) is 2. The number of carbonyl (C=O) groups is 1. The van der Waals surface area contributed by atoms with Gasteiger partial charge in [0.15, 0.2) is 6.29 Å². The predicted octanol–water partition coefficient (Wildman–Crippen LogP) is 9.89. The summed E-state index contributed by atoms with van der Waals surface area (Å²) in [6, 6.07) is -0.833. The third-order valence-corrected chi connectivity index (χ3v) is 10.1. The van der Waals surface area contributed by atoms with E-state index in [2.05, 4.69) is 116 Å². The molecule has 9 nitrogen and oxygen atoms in total. The smallest absolute Gasteiger partial charge is 0.220 e. The number of hydrogen-bond donors (Lipinski definition) is 6. The molecule has 1 aliphatic heterocycles. The summed E-state index contributed by atoms with van der Waals surface area (Å²) in [7, 11) is 0. The van der Waals surface area contributed by atoms with Gasteiger partial charge in [0.25, 0.3) is 0 Å². The molecule has 0 radical (unpaired) electrons. The van der Waals surface area contributed by atoms with Crippen molar-refractivity contribution in [2.24, 2.45) is 0 Å². The summed E-state index contributed by atoms with van der Waals surface area (Å²) in [5.41, 5.74) is 0. The number of hydrogen-bond acceptors (Lipinski definition) is 8. The molecule has 1 rings (SSSR count). The zero-order valence-corrected chi connectivity index (χ0v) is 37.2. The highest BCUT2D eigenvalue weighted by Gasteiger charge is 2.44. The van der Waals surface area contributed by atoms with E-state index in [9.17, 15) is 30.3 Å². The second-order valence-electron chi connectivity index (χ2n) is 15.5. The van der Waals surface area contributed by atoms with Gasteiger partial charge in [-0.25, -0.2) is 0 Å². The van der Waals surface area contributed by atoms with Crippen LogP contribution in [0.15, 0.2) is 109 Å². The van der Waals surface area contributed by atoms with Gasteiger partial charge in [0.05, 0.1) is 25.4 Å². The Labute approximate surface area is 364 Å². The Kier molecular flexibility index (Phi) is 36.5. The average Bonchev–Trinajstić information content (AvgIpc) is 3.25. The van der Waals surface area contributed by atoms with Gasteiger partial charge in [0, 0.05) is 6.42 Å². The van der Waals surface area contributed by atoms with Crippen molar-refractivity contribution in [3.8, 4) is 0 Å². The molecule has 0 saturated carbocycles. The molecule has 9 heteroatoms. The number of rotatable bonds is 36. The quantitative estimate of drug-likeness (QED) is 0.0270. The number of allylic oxidation sites excluding steroid dienone is 17. The van der Waals surface area contributed by atoms with Crippen LogP contribution in [0.25, 0.3) is 0 Å². The van der Waals surface area contributed by atoms with Gasteiger partial charge >= 0.3 is 0 Å². The molecular weight excluding hydrogens is 755 g/mol. The predicted molar refractivity (Wildman–Crippen MR) is 248 cm³/mol. The molecule has 7 unspecified atom stereocenters. The van der Waals surface area contributed by atoms with Gasteiger partial charge in [-0.15, -0.1) is 0 Å². The Morgan fingerprint density at radius 3 is 1.60 bits per heavy atom. The Balaban J connectivity index is 2.24. The van der Waals surface area contributed by atoms with Crippen LogP contribution in [0.1, 0.15) is 149 Å². The Hall–Kier alpha value is -3.15. The number of unbranched alkanes of at least 4 members (excludes halogenated alkanes) is 10. The van der Waals surface area contributed by atoms with Crippen LogP contribution in [-0.4, -0.2) is 87.5 Å². The third kappa shape index (κ3) is 30.0. The van der Waals surface area contributed by atoms with Crippen molar-refractivity contribution in [3.63, 3.8) is 0 Å². The van der Waals surface area contributed by atoms with Crippen molar-refractivity contribution in [3.05, 3.63) is 109 Å². The highest BCUT2D eigenvalue weighted by molar-refractivity contribution is 5.76. The molecule has 0 spiro atoms. The summed E-state index contributed by atoms with van der Waals surface area (Å²) < 4.78 is 11.1. The van der Waals surface area contributed by atoms with Gasteiger partial charge in [-0.05, 0) is 83.5 Å². The van der Waals surface area contributed by atoms with Gasteiger partial charge in [-0.1, -0.05) is 168 Å². The van der Waals surface area contributed by atoms with Gasteiger partial charge in [0.2, 0.25) is 5.91 Å². The van der Waals surface area contributed by atoms with Crippen molar-refractivity contribution in [2.75, 3.05) is 13.2 Å². The van der Waals surface area contributed by atoms with E-state index in [1.165, 1.54) is 19.3 Å². The molecule has 1 heterocycles. The van der Waals surface area contributed by atoms with Gasteiger partial charge in [-0.2, -0.15) is 0 Å². The third-order valence-electron chi connectivity index (χ3n) is 10.1. The van der Waals surface area contributed by atoms with Crippen LogP contribution in [0, 0.1) is 0 Å². The van der Waals surface area contributed by atoms with E-state index in [0.29, 0.717) is 6.42 Å². The maximum absolute atomic E-state index is 12.9. The molecule has 6 N–H and O–H groups in total. The SMILES string of the molecule is CC/C=C\C/C=C\C/C=C\C/C=C\C/C=C\C/C=C\C/C=C\CCCCCCCCCC(=O)NC(COC1OC(CO)C(O)C(O)C1O)C(O)/C=C/CC/C=C/CCCC. The molecule has 0 aromatic carbocycles. The number of carbonyl (C=O) groups excluding carboxylic acids is 1. The summed E-state index contributed by atoms with van der Waals surface area (Å²) in [5, 5.41) is 53.9. The lowest BCUT2D eigenvalue weighted by atomic mass is 9.99. The average molecular weight is 838 g/mol. The normalized spacial score (nSPS) is 21.6. The van der Waals surface area contributed by atoms with Crippen molar-refractivity contribution >= 4 is 5.91 Å². The number of aliphatic hydroxyl groups is 5. The van der Waals surface area contributed by atoms with Crippen LogP contribution >= 0.6 is 0 Å². The van der Waals surface area contributed by atoms with Crippen molar-refractivity contribution in [1.82, 2.24) is 5.32 Å². The van der Waals surface area contributed by atoms with E-state index in [4.69, 9.17) is 9.47 Å². The number of amides is 1. The lowest BCUT2D eigenvalue weighted by Gasteiger charge is -2.40. The van der Waals surface area contributed by atoms with E-state index in [0.717, 1.165) is 109 Å². The summed E-state index contributed by atoms with van der Waals surface area (Å²) in [5.74, 6) is -0.209. The van der Waals surface area contributed by atoms with E-state index in [1.54, 1.807) is 6.08 Å². The zero-order chi connectivity index (χ0) is 43.7. The maximum Gasteiger partial charge on any atom is 0.220 e. The summed E-state index contributed by atoms with van der Waals surface area (Å²) >= 11 is 0. The highest BCUT2D eigenvalue weighted by Crippen LogP contribution is 2.22. The van der Waals surface area contributed by atoms with Crippen LogP contribution in [0.3, 0.4) is 0 Å². The van der Waals surface area contributed by atoms with Gasteiger partial charge < -0.3 is 40.3 Å². The fraction of sp³-hybridized carbons (Fsp3) is 0.627. The first kappa shape index (κ1) is 54.9. The molecule has 60 heavy (non-hydrogen) atoms. The Morgan fingerprint density at radius 1 is 0.583 bits per heavy atom. The standard InChI is InChI=1S/C51H83NO8/c1-3-5-7-9-11-13-14-15-16-17-18-19-20-21-22-23-24-25-26-27-28-29-30-31-32-33-35-37-39-41-47(55)52-44(45(54)40-38-36-34-12-10-8-6-4-2)43-59-51-50(58)49(57)48(56)46(42-53)60-51/h5,7,10-13,15-16,18-19,21-22,24-25,27-28,38,40,44-46,48-51,53-54,56-58H,3-4,6,8-9,14,17,20,23,26,29-37,39,41-43H2,1-2H3,(H,52,55)/b7-5-,12-10+,13-11-,16-15-,19-18-,22-21-,25-24-,28-27-,40-38+. The summed E-state index contributed by atoms with van der Waals surface area (Å²) in [4.78, 5) is 12.9. The molecule has 7 atom stereocenters. The van der Waals surface area contributed by atoms with E-state index >= 15 is 0 Å². The minimum atomic E-state index is -1.58. The molecule has 1 amide bonds. The van der Waals surface area contributed by atoms with E-state index in [1.807, 2.05) is 6.08 Å². The number of nitrogens with one attached hydrogen (secondary N) is 1. The minimum absolute atomic E-state index is 0.209. The monoisotopic (exact) mass is 838 g/mol. The first-order valence-electron chi connectivity index (χ1n) is 23.1. The molecule has 1 saturated heterocycles. The molecule has 0 bridgehead atoms. The molecule has 0 aliphatic carbocycles. The first-order valence-corrected chi connectivity index (χ1v) is 23.1.